The first-order valence-electron chi connectivity index (χ1n) is 5.61. The molecule has 15 heavy (non-hydrogen) atoms. The van der Waals surface area contributed by atoms with Crippen LogP contribution < -0.4 is 4.74 Å². The van der Waals surface area contributed by atoms with Gasteiger partial charge in [-0.15, -0.1) is 0 Å². The zero-order chi connectivity index (χ0) is 10.5. The molecule has 1 aliphatic rings. The molecule has 1 aliphatic carbocycles. The monoisotopic (exact) mass is 204 g/mol. The fraction of sp³-hybridized carbons (Fsp3) is 0.462. The van der Waals surface area contributed by atoms with E-state index in [1.165, 1.54) is 0 Å². The van der Waals surface area contributed by atoms with Crippen LogP contribution in [0.1, 0.15) is 32.1 Å². The number of rotatable bonds is 2. The Morgan fingerprint density at radius 3 is 2.67 bits per heavy atom. The van der Waals surface area contributed by atoms with Crippen molar-refractivity contribution in [2.24, 2.45) is 0 Å². The minimum atomic E-state index is -0.213. The van der Waals surface area contributed by atoms with Crippen LogP contribution >= 0.6 is 0 Å². The van der Waals surface area contributed by atoms with Crippen LogP contribution in [0.4, 0.5) is 0 Å². The maximum Gasteiger partial charge on any atom is 0.173 e. The Balaban J connectivity index is 2.01. The van der Waals surface area contributed by atoms with Gasteiger partial charge >= 0.3 is 0 Å². The van der Waals surface area contributed by atoms with E-state index < -0.39 is 0 Å². The molecule has 80 valence electrons. The van der Waals surface area contributed by atoms with Crippen LogP contribution in [-0.2, 0) is 4.79 Å². The maximum absolute atomic E-state index is 11.7. The molecule has 2 rings (SSSR count). The molecule has 0 N–H and O–H groups in total. The van der Waals surface area contributed by atoms with E-state index in [0.29, 0.717) is 6.42 Å². The van der Waals surface area contributed by atoms with Crippen LogP contribution in [0.2, 0.25) is 0 Å². The van der Waals surface area contributed by atoms with E-state index in [1.807, 2.05) is 30.3 Å². The average molecular weight is 204 g/mol. The standard InChI is InChI=1S/C13H16O2/c14-12-9-5-2-6-10-13(12)15-11-7-3-1-4-8-11/h1,3-4,7-8,13H,2,5-6,9-10H2. The quantitative estimate of drug-likeness (QED) is 0.692. The van der Waals surface area contributed by atoms with Crippen molar-refractivity contribution in [3.05, 3.63) is 30.3 Å². The lowest BCUT2D eigenvalue weighted by atomic mass is 10.1. The molecule has 1 atom stereocenters. The Labute approximate surface area is 90.3 Å². The van der Waals surface area contributed by atoms with E-state index in [2.05, 4.69) is 0 Å². The molecular weight excluding hydrogens is 188 g/mol. The Hall–Kier alpha value is -1.31. The van der Waals surface area contributed by atoms with Gasteiger partial charge in [-0.25, -0.2) is 0 Å². The first-order chi connectivity index (χ1) is 7.36. The van der Waals surface area contributed by atoms with Crippen molar-refractivity contribution in [1.82, 2.24) is 0 Å². The molecule has 1 aromatic carbocycles. The van der Waals surface area contributed by atoms with Gasteiger partial charge in [-0.1, -0.05) is 24.6 Å². The third-order valence-electron chi connectivity index (χ3n) is 2.77. The van der Waals surface area contributed by atoms with Crippen molar-refractivity contribution in [2.75, 3.05) is 0 Å². The molecule has 0 heterocycles. The Bertz CT molecular complexity index is 319. The van der Waals surface area contributed by atoms with Crippen molar-refractivity contribution in [3.63, 3.8) is 0 Å². The summed E-state index contributed by atoms with van der Waals surface area (Å²) in [4.78, 5) is 11.7. The molecule has 1 fully saturated rings. The summed E-state index contributed by atoms with van der Waals surface area (Å²) in [5, 5.41) is 0. The second kappa shape index (κ2) is 4.96. The molecule has 0 aliphatic heterocycles. The molecule has 2 nitrogen and oxygen atoms in total. The van der Waals surface area contributed by atoms with Crippen LogP contribution in [0.3, 0.4) is 0 Å². The molecule has 0 saturated heterocycles. The normalized spacial score (nSPS) is 22.1. The highest BCUT2D eigenvalue weighted by Crippen LogP contribution is 2.20. The highest BCUT2D eigenvalue weighted by molar-refractivity contribution is 5.83. The van der Waals surface area contributed by atoms with Gasteiger partial charge in [-0.05, 0) is 31.4 Å². The van der Waals surface area contributed by atoms with Crippen LogP contribution in [0, 0.1) is 0 Å². The molecule has 0 radical (unpaired) electrons. The van der Waals surface area contributed by atoms with Crippen LogP contribution in [0.15, 0.2) is 30.3 Å². The van der Waals surface area contributed by atoms with Gasteiger partial charge in [0.15, 0.2) is 11.9 Å². The molecule has 0 bridgehead atoms. The van der Waals surface area contributed by atoms with Gasteiger partial charge < -0.3 is 4.74 Å². The number of hydrogen-bond acceptors (Lipinski definition) is 2. The Kier molecular flexibility index (Phi) is 3.38. The Morgan fingerprint density at radius 1 is 1.07 bits per heavy atom. The summed E-state index contributed by atoms with van der Waals surface area (Å²) in [6, 6.07) is 9.60. The predicted octanol–water partition coefficient (Wildman–Crippen LogP) is 2.97. The highest BCUT2D eigenvalue weighted by atomic mass is 16.5. The van der Waals surface area contributed by atoms with Crippen LogP contribution in [0.25, 0.3) is 0 Å². The third-order valence-corrected chi connectivity index (χ3v) is 2.77. The van der Waals surface area contributed by atoms with E-state index in [4.69, 9.17) is 4.74 Å². The van der Waals surface area contributed by atoms with Crippen molar-refractivity contribution in [3.8, 4) is 5.75 Å². The number of ketones is 1. The minimum Gasteiger partial charge on any atom is -0.483 e. The van der Waals surface area contributed by atoms with E-state index in [9.17, 15) is 4.79 Å². The van der Waals surface area contributed by atoms with Gasteiger partial charge in [0.1, 0.15) is 5.75 Å². The second-order valence-electron chi connectivity index (χ2n) is 3.99. The van der Waals surface area contributed by atoms with Crippen LogP contribution in [0.5, 0.6) is 5.75 Å². The lowest BCUT2D eigenvalue weighted by Gasteiger charge is -2.15. The molecule has 0 aromatic heterocycles. The second-order valence-corrected chi connectivity index (χ2v) is 3.99. The van der Waals surface area contributed by atoms with Gasteiger partial charge in [0.05, 0.1) is 0 Å². The molecule has 1 saturated carbocycles. The molecular formula is C13H16O2. The highest BCUT2D eigenvalue weighted by Gasteiger charge is 2.21. The molecule has 2 heteroatoms. The molecule has 1 aromatic rings. The smallest absolute Gasteiger partial charge is 0.173 e. The minimum absolute atomic E-state index is 0.213. The van der Waals surface area contributed by atoms with E-state index in [1.54, 1.807) is 0 Å². The fourth-order valence-electron chi connectivity index (χ4n) is 1.92. The number of ether oxygens (including phenoxy) is 1. The van der Waals surface area contributed by atoms with Crippen molar-refractivity contribution in [1.29, 1.82) is 0 Å². The van der Waals surface area contributed by atoms with Crippen molar-refractivity contribution >= 4 is 5.78 Å². The first-order valence-corrected chi connectivity index (χ1v) is 5.61. The van der Waals surface area contributed by atoms with Gasteiger partial charge in [-0.3, -0.25) is 4.79 Å². The van der Waals surface area contributed by atoms with Gasteiger partial charge in [0, 0.05) is 6.42 Å². The summed E-state index contributed by atoms with van der Waals surface area (Å²) in [6.07, 6.45) is 4.61. The summed E-state index contributed by atoms with van der Waals surface area (Å²) in [5.41, 5.74) is 0. The molecule has 0 spiro atoms. The van der Waals surface area contributed by atoms with Gasteiger partial charge in [-0.2, -0.15) is 0 Å². The predicted molar refractivity (Wildman–Crippen MR) is 59.0 cm³/mol. The first kappa shape index (κ1) is 10.2. The topological polar surface area (TPSA) is 26.3 Å². The third kappa shape index (κ3) is 2.82. The summed E-state index contributed by atoms with van der Waals surface area (Å²) in [6.45, 7) is 0. The zero-order valence-electron chi connectivity index (χ0n) is 8.82. The number of Topliss-reactive ketones (excluding diaryl/α,β-unsaturated/α-hetero) is 1. The number of benzene rings is 1. The average Bonchev–Trinajstić information content (AvgIpc) is 2.46. The summed E-state index contributed by atoms with van der Waals surface area (Å²) >= 11 is 0. The van der Waals surface area contributed by atoms with Crippen molar-refractivity contribution in [2.45, 2.75) is 38.2 Å². The lowest BCUT2D eigenvalue weighted by molar-refractivity contribution is -0.125. The van der Waals surface area contributed by atoms with E-state index in [0.717, 1.165) is 31.4 Å². The zero-order valence-corrected chi connectivity index (χ0v) is 8.82. The fourth-order valence-corrected chi connectivity index (χ4v) is 1.92. The largest absolute Gasteiger partial charge is 0.483 e. The number of para-hydroxylation sites is 1. The summed E-state index contributed by atoms with van der Waals surface area (Å²) in [7, 11) is 0. The maximum atomic E-state index is 11.7. The van der Waals surface area contributed by atoms with E-state index >= 15 is 0 Å². The van der Waals surface area contributed by atoms with Crippen LogP contribution in [-0.4, -0.2) is 11.9 Å². The summed E-state index contributed by atoms with van der Waals surface area (Å²) < 4.78 is 5.70. The molecule has 1 unspecified atom stereocenters. The molecule has 0 amide bonds. The number of hydrogen-bond donors (Lipinski definition) is 0. The lowest BCUT2D eigenvalue weighted by Crippen LogP contribution is -2.25. The van der Waals surface area contributed by atoms with Crippen molar-refractivity contribution < 1.29 is 9.53 Å². The number of carbonyl (C=O) groups excluding carboxylic acids is 1. The number of carbonyl (C=O) groups is 1. The summed E-state index contributed by atoms with van der Waals surface area (Å²) in [5.74, 6) is 1.06. The van der Waals surface area contributed by atoms with Gasteiger partial charge in [0.2, 0.25) is 0 Å². The van der Waals surface area contributed by atoms with E-state index in [-0.39, 0.29) is 11.9 Å². The SMILES string of the molecule is O=C1CCCCCC1Oc1ccccc1. The Morgan fingerprint density at radius 2 is 1.87 bits per heavy atom. The van der Waals surface area contributed by atoms with Gasteiger partial charge in [0.25, 0.3) is 0 Å².